The van der Waals surface area contributed by atoms with E-state index in [4.69, 9.17) is 10.2 Å². The van der Waals surface area contributed by atoms with Crippen LogP contribution in [0.1, 0.15) is 52.0 Å². The van der Waals surface area contributed by atoms with Gasteiger partial charge in [0, 0.05) is 5.56 Å². The largest absolute Gasteiger partial charge is 0.150 e. The van der Waals surface area contributed by atoms with Crippen LogP contribution in [-0.4, -0.2) is 15.0 Å². The van der Waals surface area contributed by atoms with E-state index in [1.54, 1.807) is 4.80 Å². The molecule has 3 heteroatoms. The van der Waals surface area contributed by atoms with Gasteiger partial charge in [-0.1, -0.05) is 94.6 Å². The minimum absolute atomic E-state index is 0.117. The number of aromatic nitrogens is 3. The molecule has 3 aromatic carbocycles. The zero-order chi connectivity index (χ0) is 20.3. The first kappa shape index (κ1) is 19.4. The minimum atomic E-state index is 0.117. The van der Waals surface area contributed by atoms with E-state index in [-0.39, 0.29) is 5.41 Å². The number of unbranched alkanes of at least 4 members (excludes halogenated alkanes) is 2. The van der Waals surface area contributed by atoms with Crippen molar-refractivity contribution in [2.45, 2.75) is 51.9 Å². The number of hydrogen-bond donors (Lipinski definition) is 0. The zero-order valence-electron chi connectivity index (χ0n) is 17.6. The molecule has 0 aliphatic rings. The molecule has 0 unspecified atom stereocenters. The number of nitrogens with zero attached hydrogens (tertiary/aromatic N) is 3. The lowest BCUT2D eigenvalue weighted by Crippen LogP contribution is -2.18. The fourth-order valence-corrected chi connectivity index (χ4v) is 3.91. The molecule has 0 saturated heterocycles. The molecule has 0 N–H and O–H groups in total. The Labute approximate surface area is 173 Å². The molecule has 0 fully saturated rings. The molecular weight excluding hydrogens is 354 g/mol. The van der Waals surface area contributed by atoms with Crippen molar-refractivity contribution in [2.24, 2.45) is 0 Å². The van der Waals surface area contributed by atoms with Gasteiger partial charge in [0.2, 0.25) is 0 Å². The molecular formula is C26H29N3. The van der Waals surface area contributed by atoms with Crippen LogP contribution in [-0.2, 0) is 5.41 Å². The maximum absolute atomic E-state index is 4.77. The Bertz CT molecular complexity index is 1060. The predicted molar refractivity (Wildman–Crippen MR) is 121 cm³/mol. The molecule has 0 aliphatic carbocycles. The standard InChI is InChI=1S/C26H29N3/c1-4-5-11-18-26(2,3)21-16-17-22(20-12-7-6-8-13-20)25(19-21)29-27-23-14-9-10-15-24(23)28-29/h6-10,12-17,19H,4-5,11,18H2,1-3H3. The van der Waals surface area contributed by atoms with E-state index in [1.165, 1.54) is 36.8 Å². The molecule has 4 rings (SSSR count). The average Bonchev–Trinajstić information content (AvgIpc) is 3.18. The second-order valence-corrected chi connectivity index (χ2v) is 8.42. The molecule has 0 saturated carbocycles. The summed E-state index contributed by atoms with van der Waals surface area (Å²) < 4.78 is 0. The van der Waals surface area contributed by atoms with E-state index in [1.807, 2.05) is 24.3 Å². The van der Waals surface area contributed by atoms with Crippen molar-refractivity contribution in [3.8, 4) is 16.8 Å². The topological polar surface area (TPSA) is 30.7 Å². The summed E-state index contributed by atoms with van der Waals surface area (Å²) in [6.07, 6.45) is 4.96. The van der Waals surface area contributed by atoms with Crippen LogP contribution in [0.3, 0.4) is 0 Å². The van der Waals surface area contributed by atoms with Crippen LogP contribution in [0, 0.1) is 0 Å². The van der Waals surface area contributed by atoms with Crippen LogP contribution in [0.25, 0.3) is 27.8 Å². The predicted octanol–water partition coefficient (Wildman–Crippen LogP) is 6.95. The Morgan fingerprint density at radius 1 is 0.793 bits per heavy atom. The first-order valence-electron chi connectivity index (χ1n) is 10.6. The quantitative estimate of drug-likeness (QED) is 0.323. The van der Waals surface area contributed by atoms with Crippen LogP contribution in [0.5, 0.6) is 0 Å². The number of fused-ring (bicyclic) bond motifs is 1. The summed E-state index contributed by atoms with van der Waals surface area (Å²) in [4.78, 5) is 1.80. The first-order valence-corrected chi connectivity index (χ1v) is 10.6. The Morgan fingerprint density at radius 2 is 1.45 bits per heavy atom. The molecule has 148 valence electrons. The highest BCUT2D eigenvalue weighted by Crippen LogP contribution is 2.35. The number of rotatable bonds is 7. The molecule has 29 heavy (non-hydrogen) atoms. The van der Waals surface area contributed by atoms with Gasteiger partial charge < -0.3 is 0 Å². The van der Waals surface area contributed by atoms with E-state index < -0.39 is 0 Å². The van der Waals surface area contributed by atoms with Gasteiger partial charge in [-0.25, -0.2) is 0 Å². The van der Waals surface area contributed by atoms with Gasteiger partial charge in [0.05, 0.1) is 5.69 Å². The van der Waals surface area contributed by atoms with Crippen molar-refractivity contribution >= 4 is 11.0 Å². The maximum Gasteiger partial charge on any atom is 0.113 e. The lowest BCUT2D eigenvalue weighted by atomic mass is 9.79. The second kappa shape index (κ2) is 8.20. The molecule has 0 atom stereocenters. The molecule has 0 amide bonds. The molecule has 0 aliphatic heterocycles. The van der Waals surface area contributed by atoms with Gasteiger partial charge in [0.25, 0.3) is 0 Å². The number of benzene rings is 3. The molecule has 0 radical (unpaired) electrons. The average molecular weight is 384 g/mol. The van der Waals surface area contributed by atoms with Gasteiger partial charge in [-0.2, -0.15) is 0 Å². The van der Waals surface area contributed by atoms with Crippen molar-refractivity contribution in [3.05, 3.63) is 78.4 Å². The lowest BCUT2D eigenvalue weighted by Gasteiger charge is -2.26. The van der Waals surface area contributed by atoms with Gasteiger partial charge in [0.1, 0.15) is 11.0 Å². The van der Waals surface area contributed by atoms with Crippen LogP contribution in [0.4, 0.5) is 0 Å². The summed E-state index contributed by atoms with van der Waals surface area (Å²) in [5.41, 5.74) is 6.65. The fraction of sp³-hybridized carbons (Fsp3) is 0.308. The third-order valence-electron chi connectivity index (χ3n) is 5.77. The molecule has 3 nitrogen and oxygen atoms in total. The van der Waals surface area contributed by atoms with Crippen LogP contribution >= 0.6 is 0 Å². The highest BCUT2D eigenvalue weighted by molar-refractivity contribution is 5.76. The van der Waals surface area contributed by atoms with E-state index in [2.05, 4.69) is 69.3 Å². The van der Waals surface area contributed by atoms with Crippen molar-refractivity contribution in [2.75, 3.05) is 0 Å². The normalized spacial score (nSPS) is 11.8. The van der Waals surface area contributed by atoms with E-state index in [0.29, 0.717) is 0 Å². The Balaban J connectivity index is 1.83. The summed E-state index contributed by atoms with van der Waals surface area (Å²) in [5.74, 6) is 0. The smallest absolute Gasteiger partial charge is 0.113 e. The van der Waals surface area contributed by atoms with E-state index >= 15 is 0 Å². The van der Waals surface area contributed by atoms with Crippen molar-refractivity contribution in [1.29, 1.82) is 0 Å². The van der Waals surface area contributed by atoms with Crippen molar-refractivity contribution in [3.63, 3.8) is 0 Å². The maximum atomic E-state index is 4.77. The third-order valence-corrected chi connectivity index (χ3v) is 5.77. The monoisotopic (exact) mass is 383 g/mol. The van der Waals surface area contributed by atoms with Crippen LogP contribution < -0.4 is 0 Å². The van der Waals surface area contributed by atoms with Gasteiger partial charge in [0.15, 0.2) is 0 Å². The highest BCUT2D eigenvalue weighted by atomic mass is 15.5. The summed E-state index contributed by atoms with van der Waals surface area (Å²) in [6, 6.07) is 25.3. The molecule has 0 spiro atoms. The minimum Gasteiger partial charge on any atom is -0.150 e. The molecule has 1 aromatic heterocycles. The summed E-state index contributed by atoms with van der Waals surface area (Å²) in [7, 11) is 0. The van der Waals surface area contributed by atoms with Crippen LogP contribution in [0.15, 0.2) is 72.8 Å². The van der Waals surface area contributed by atoms with Gasteiger partial charge in [-0.15, -0.1) is 15.0 Å². The van der Waals surface area contributed by atoms with Gasteiger partial charge >= 0.3 is 0 Å². The number of hydrogen-bond acceptors (Lipinski definition) is 2. The van der Waals surface area contributed by atoms with Crippen molar-refractivity contribution < 1.29 is 0 Å². The van der Waals surface area contributed by atoms with Gasteiger partial charge in [-0.05, 0) is 41.2 Å². The van der Waals surface area contributed by atoms with Gasteiger partial charge in [-0.3, -0.25) is 0 Å². The first-order chi connectivity index (χ1) is 14.1. The highest BCUT2D eigenvalue weighted by Gasteiger charge is 2.22. The Morgan fingerprint density at radius 3 is 2.10 bits per heavy atom. The van der Waals surface area contributed by atoms with Crippen molar-refractivity contribution in [1.82, 2.24) is 15.0 Å². The van der Waals surface area contributed by atoms with E-state index in [9.17, 15) is 0 Å². The zero-order valence-corrected chi connectivity index (χ0v) is 17.6. The molecule has 1 heterocycles. The summed E-state index contributed by atoms with van der Waals surface area (Å²) >= 11 is 0. The third kappa shape index (κ3) is 4.09. The molecule has 4 aromatic rings. The Hall–Kier alpha value is -2.94. The Kier molecular flexibility index (Phi) is 5.48. The molecule has 0 bridgehead atoms. The summed E-state index contributed by atoms with van der Waals surface area (Å²) in [6.45, 7) is 6.95. The second-order valence-electron chi connectivity index (χ2n) is 8.42. The lowest BCUT2D eigenvalue weighted by molar-refractivity contribution is 0.450. The summed E-state index contributed by atoms with van der Waals surface area (Å²) in [5, 5.41) is 9.55. The SMILES string of the molecule is CCCCCC(C)(C)c1ccc(-c2ccccc2)c(-n2nc3ccccc3n2)c1. The van der Waals surface area contributed by atoms with E-state index in [0.717, 1.165) is 22.3 Å². The van der Waals surface area contributed by atoms with Crippen LogP contribution in [0.2, 0.25) is 0 Å². The fourth-order valence-electron chi connectivity index (χ4n) is 3.91.